The van der Waals surface area contributed by atoms with Crippen molar-refractivity contribution >= 4 is 38.3 Å². The summed E-state index contributed by atoms with van der Waals surface area (Å²) >= 11 is 0. The Morgan fingerprint density at radius 2 is 1.42 bits per heavy atom. The number of pyridine rings is 3. The third kappa shape index (κ3) is 3.45. The lowest BCUT2D eigenvalue weighted by atomic mass is 9.81. The van der Waals surface area contributed by atoms with Crippen LogP contribution in [-0.2, 0) is 6.42 Å². The molecule has 0 N–H and O–H groups in total. The van der Waals surface area contributed by atoms with Gasteiger partial charge < -0.3 is 0 Å². The number of benzene rings is 3. The van der Waals surface area contributed by atoms with Gasteiger partial charge in [-0.05, 0) is 65.6 Å². The van der Waals surface area contributed by atoms with E-state index >= 15 is 0 Å². The molecule has 2 aliphatic rings. The number of rotatable bonds is 2. The smallest absolute Gasteiger partial charge is 0.0992 e. The van der Waals surface area contributed by atoms with Crippen LogP contribution in [-0.4, -0.2) is 20.7 Å². The molecule has 8 rings (SSSR count). The third-order valence-corrected chi connectivity index (χ3v) is 8.00. The van der Waals surface area contributed by atoms with Crippen LogP contribution in [0, 0.1) is 5.92 Å². The lowest BCUT2D eigenvalue weighted by Gasteiger charge is -2.31. The predicted molar refractivity (Wildman–Crippen MR) is 154 cm³/mol. The van der Waals surface area contributed by atoms with Gasteiger partial charge in [0.1, 0.15) is 0 Å². The fourth-order valence-corrected chi connectivity index (χ4v) is 6.00. The van der Waals surface area contributed by atoms with Crippen LogP contribution in [0.15, 0.2) is 114 Å². The van der Waals surface area contributed by atoms with Crippen LogP contribution < -0.4 is 0 Å². The lowest BCUT2D eigenvalue weighted by Crippen LogP contribution is -2.23. The van der Waals surface area contributed by atoms with Crippen molar-refractivity contribution in [1.82, 2.24) is 15.0 Å². The summed E-state index contributed by atoms with van der Waals surface area (Å²) in [5, 5.41) is 4.58. The summed E-state index contributed by atoms with van der Waals surface area (Å²) in [5.41, 5.74) is 8.55. The first kappa shape index (κ1) is 21.4. The maximum Gasteiger partial charge on any atom is 0.0992 e. The van der Waals surface area contributed by atoms with Gasteiger partial charge in [-0.2, -0.15) is 0 Å². The van der Waals surface area contributed by atoms with E-state index in [9.17, 15) is 0 Å². The molecule has 0 amide bonds. The van der Waals surface area contributed by atoms with Gasteiger partial charge >= 0.3 is 0 Å². The lowest BCUT2D eigenvalue weighted by molar-refractivity contribution is 0.443. The molecule has 180 valence electrons. The zero-order chi connectivity index (χ0) is 25.1. The quantitative estimate of drug-likeness (QED) is 0.235. The number of hydrogen-bond acceptors (Lipinski definition) is 4. The highest BCUT2D eigenvalue weighted by Gasteiger charge is 2.31. The monoisotopic (exact) mass is 488 g/mol. The Bertz CT molecular complexity index is 1950. The van der Waals surface area contributed by atoms with Crippen LogP contribution in [0.1, 0.15) is 29.3 Å². The van der Waals surface area contributed by atoms with Gasteiger partial charge in [-0.15, -0.1) is 0 Å². The normalized spacial score (nSPS) is 18.4. The summed E-state index contributed by atoms with van der Waals surface area (Å²) in [6, 6.07) is 30.0. The molecular formula is C34H24N4. The minimum atomic E-state index is 0.104. The van der Waals surface area contributed by atoms with E-state index in [-0.39, 0.29) is 6.04 Å². The van der Waals surface area contributed by atoms with Crippen molar-refractivity contribution in [3.05, 3.63) is 126 Å². The molecular weight excluding hydrogens is 464 g/mol. The van der Waals surface area contributed by atoms with Crippen LogP contribution >= 0.6 is 0 Å². The second-order valence-electron chi connectivity index (χ2n) is 10.3. The molecule has 1 aliphatic carbocycles. The molecule has 2 atom stereocenters. The summed E-state index contributed by atoms with van der Waals surface area (Å²) in [7, 11) is 0. The number of aryl methyl sites for hydroxylation is 1. The minimum Gasteiger partial charge on any atom is -0.274 e. The van der Waals surface area contributed by atoms with Gasteiger partial charge in [-0.3, -0.25) is 15.0 Å². The van der Waals surface area contributed by atoms with Gasteiger partial charge in [0.15, 0.2) is 0 Å². The highest BCUT2D eigenvalue weighted by molar-refractivity contribution is 6.11. The minimum absolute atomic E-state index is 0.104. The molecule has 0 radical (unpaired) electrons. The Labute approximate surface area is 220 Å². The predicted octanol–water partition coefficient (Wildman–Crippen LogP) is 7.66. The average molecular weight is 489 g/mol. The maximum atomic E-state index is 5.21. The Morgan fingerprint density at radius 1 is 0.658 bits per heavy atom. The molecule has 0 saturated carbocycles. The van der Waals surface area contributed by atoms with Crippen molar-refractivity contribution in [2.75, 3.05) is 0 Å². The molecule has 38 heavy (non-hydrogen) atoms. The highest BCUT2D eigenvalue weighted by atomic mass is 14.9. The molecule has 0 fully saturated rings. The standard InChI is InChI=1S/C34H24N4/c1-3-22-7-9-24-13-15-29(37-33(24)31(22)35-17-1)26-11-5-21-6-12-27(20-28(21)19-26)30-16-14-25-10-8-23-4-2-18-36-32(23)34(25)38-30/h1-7,9,11-20,25,34H,8,10H2. The van der Waals surface area contributed by atoms with Gasteiger partial charge in [-0.1, -0.05) is 60.7 Å². The molecule has 1 aliphatic heterocycles. The van der Waals surface area contributed by atoms with Crippen molar-refractivity contribution in [1.29, 1.82) is 0 Å². The first-order valence-corrected chi connectivity index (χ1v) is 13.2. The zero-order valence-corrected chi connectivity index (χ0v) is 20.8. The van der Waals surface area contributed by atoms with Gasteiger partial charge in [0.2, 0.25) is 0 Å². The molecule has 2 unspecified atom stereocenters. The van der Waals surface area contributed by atoms with Crippen LogP contribution in [0.5, 0.6) is 0 Å². The molecule has 3 aromatic carbocycles. The van der Waals surface area contributed by atoms with Gasteiger partial charge in [0, 0.05) is 40.2 Å². The van der Waals surface area contributed by atoms with E-state index in [2.05, 4.69) is 89.9 Å². The molecule has 3 aromatic heterocycles. The molecule has 4 heteroatoms. The van der Waals surface area contributed by atoms with Crippen molar-refractivity contribution in [3.63, 3.8) is 0 Å². The van der Waals surface area contributed by atoms with Crippen LogP contribution in [0.4, 0.5) is 0 Å². The average Bonchev–Trinajstić information content (AvgIpc) is 3.00. The van der Waals surface area contributed by atoms with E-state index < -0.39 is 0 Å². The second-order valence-corrected chi connectivity index (χ2v) is 10.3. The Hall–Kier alpha value is -4.70. The van der Waals surface area contributed by atoms with Crippen molar-refractivity contribution in [2.45, 2.75) is 18.9 Å². The second kappa shape index (κ2) is 8.42. The molecule has 0 spiro atoms. The number of aliphatic imine (C=N–C) groups is 1. The Kier molecular flexibility index (Phi) is 4.74. The van der Waals surface area contributed by atoms with E-state index in [1.807, 2.05) is 24.5 Å². The maximum absolute atomic E-state index is 5.21. The van der Waals surface area contributed by atoms with Crippen molar-refractivity contribution in [3.8, 4) is 11.3 Å². The SMILES string of the molecule is C1=CC2CCc3cccnc3C2N=C1c1ccc2ccc(-c3ccc4ccc5cccnc5c4n3)cc2c1. The number of hydrogen-bond donors (Lipinski definition) is 0. The summed E-state index contributed by atoms with van der Waals surface area (Å²) in [4.78, 5) is 19.6. The number of allylic oxidation sites excluding steroid dienone is 1. The number of nitrogens with zero attached hydrogens (tertiary/aromatic N) is 4. The molecule has 6 aromatic rings. The topological polar surface area (TPSA) is 51.0 Å². The van der Waals surface area contributed by atoms with E-state index in [0.29, 0.717) is 5.92 Å². The van der Waals surface area contributed by atoms with Crippen molar-refractivity contribution < 1.29 is 0 Å². The van der Waals surface area contributed by atoms with Crippen molar-refractivity contribution in [2.24, 2.45) is 10.9 Å². The van der Waals surface area contributed by atoms with Crippen LogP contribution in [0.3, 0.4) is 0 Å². The Balaban J connectivity index is 1.20. The Morgan fingerprint density at radius 3 is 2.37 bits per heavy atom. The summed E-state index contributed by atoms with van der Waals surface area (Å²) in [6.07, 6.45) is 10.5. The van der Waals surface area contributed by atoms with Gasteiger partial charge in [0.25, 0.3) is 0 Å². The van der Waals surface area contributed by atoms with E-state index in [0.717, 1.165) is 62.9 Å². The number of dihydropyridines is 1. The van der Waals surface area contributed by atoms with Gasteiger partial charge in [-0.25, -0.2) is 4.98 Å². The van der Waals surface area contributed by atoms with E-state index in [1.165, 1.54) is 16.3 Å². The molecule has 0 saturated heterocycles. The molecule has 0 bridgehead atoms. The molecule has 4 heterocycles. The molecule has 4 nitrogen and oxygen atoms in total. The fourth-order valence-electron chi connectivity index (χ4n) is 6.00. The number of fused-ring (bicyclic) bond motifs is 7. The zero-order valence-electron chi connectivity index (χ0n) is 20.8. The third-order valence-electron chi connectivity index (χ3n) is 8.00. The summed E-state index contributed by atoms with van der Waals surface area (Å²) < 4.78 is 0. The largest absolute Gasteiger partial charge is 0.274 e. The van der Waals surface area contributed by atoms with Crippen LogP contribution in [0.25, 0.3) is 43.8 Å². The summed E-state index contributed by atoms with van der Waals surface area (Å²) in [6.45, 7) is 0. The highest BCUT2D eigenvalue weighted by Crippen LogP contribution is 2.39. The van der Waals surface area contributed by atoms with E-state index in [1.54, 1.807) is 0 Å². The fraction of sp³-hybridized carbons (Fsp3) is 0.118. The van der Waals surface area contributed by atoms with E-state index in [4.69, 9.17) is 15.0 Å². The summed E-state index contributed by atoms with van der Waals surface area (Å²) in [5.74, 6) is 0.428. The first-order chi connectivity index (χ1) is 18.8. The van der Waals surface area contributed by atoms with Crippen LogP contribution in [0.2, 0.25) is 0 Å². The first-order valence-electron chi connectivity index (χ1n) is 13.2. The number of aromatic nitrogens is 3. The van der Waals surface area contributed by atoms with Gasteiger partial charge in [0.05, 0.1) is 34.2 Å².